The van der Waals surface area contributed by atoms with Crippen molar-refractivity contribution in [3.63, 3.8) is 0 Å². The van der Waals surface area contributed by atoms with Crippen molar-refractivity contribution in [1.29, 1.82) is 0 Å². The molecular formula is C37H54N6O5. The Labute approximate surface area is 285 Å². The Hall–Kier alpha value is -4.28. The lowest BCUT2D eigenvalue weighted by Gasteiger charge is -2.30. The fourth-order valence-electron chi connectivity index (χ4n) is 6.40. The van der Waals surface area contributed by atoms with E-state index in [9.17, 15) is 19.2 Å². The van der Waals surface area contributed by atoms with Crippen molar-refractivity contribution in [2.75, 3.05) is 51.1 Å². The van der Waals surface area contributed by atoms with Gasteiger partial charge in [0.2, 0.25) is 11.8 Å². The Morgan fingerprint density at radius 3 is 2.48 bits per heavy atom. The van der Waals surface area contributed by atoms with Gasteiger partial charge in [-0.25, -0.2) is 4.79 Å². The lowest BCUT2D eigenvalue weighted by atomic mass is 10.1. The van der Waals surface area contributed by atoms with Crippen LogP contribution in [-0.2, 0) is 9.59 Å². The first-order chi connectivity index (χ1) is 23.1. The predicted octanol–water partition coefficient (Wildman–Crippen LogP) is 5.41. The van der Waals surface area contributed by atoms with E-state index in [1.54, 1.807) is 41.1 Å². The Morgan fingerprint density at radius 1 is 0.958 bits per heavy atom. The number of amides is 5. The Bertz CT molecular complexity index is 1380. The summed E-state index contributed by atoms with van der Waals surface area (Å²) in [7, 11) is 5.62. The monoisotopic (exact) mass is 662 g/mol. The molecule has 2 aliphatic rings. The molecule has 5 amide bonds. The van der Waals surface area contributed by atoms with Crippen LogP contribution in [0.15, 0.2) is 48.5 Å². The van der Waals surface area contributed by atoms with E-state index < -0.39 is 6.04 Å². The Morgan fingerprint density at radius 2 is 1.71 bits per heavy atom. The van der Waals surface area contributed by atoms with Crippen LogP contribution in [0.25, 0.3) is 0 Å². The molecule has 11 heteroatoms. The summed E-state index contributed by atoms with van der Waals surface area (Å²) in [6.07, 6.45) is 9.52. The summed E-state index contributed by atoms with van der Waals surface area (Å²) in [5.74, 6) is 0.0774. The summed E-state index contributed by atoms with van der Waals surface area (Å²) in [6.45, 7) is 3.11. The molecule has 0 aromatic heterocycles. The van der Waals surface area contributed by atoms with Crippen LogP contribution in [0.1, 0.15) is 87.9 Å². The quantitative estimate of drug-likeness (QED) is 0.261. The van der Waals surface area contributed by atoms with Crippen molar-refractivity contribution < 1.29 is 23.9 Å². The number of urea groups is 1. The molecule has 48 heavy (non-hydrogen) atoms. The Kier molecular flexibility index (Phi) is 13.9. The van der Waals surface area contributed by atoms with Crippen LogP contribution in [0.4, 0.5) is 16.2 Å². The van der Waals surface area contributed by atoms with Crippen molar-refractivity contribution in [3.05, 3.63) is 54.1 Å². The molecule has 1 saturated heterocycles. The average Bonchev–Trinajstić information content (AvgIpc) is 3.47. The molecule has 0 saturated carbocycles. The highest BCUT2D eigenvalue weighted by Gasteiger charge is 2.39. The molecule has 2 bridgehead atoms. The van der Waals surface area contributed by atoms with Crippen molar-refractivity contribution in [3.8, 4) is 5.75 Å². The fraction of sp³-hybridized carbons (Fsp3) is 0.568. The van der Waals surface area contributed by atoms with Crippen LogP contribution in [0.3, 0.4) is 0 Å². The summed E-state index contributed by atoms with van der Waals surface area (Å²) in [6, 6.07) is 12.9. The van der Waals surface area contributed by atoms with Crippen LogP contribution < -0.4 is 25.6 Å². The summed E-state index contributed by atoms with van der Waals surface area (Å²) < 4.78 is 6.15. The van der Waals surface area contributed by atoms with Crippen LogP contribution in [0.5, 0.6) is 5.75 Å². The molecule has 1 fully saturated rings. The van der Waals surface area contributed by atoms with Crippen molar-refractivity contribution in [2.45, 2.75) is 95.7 Å². The molecule has 3 atom stereocenters. The summed E-state index contributed by atoms with van der Waals surface area (Å²) >= 11 is 0. The zero-order valence-corrected chi connectivity index (χ0v) is 29.1. The summed E-state index contributed by atoms with van der Waals surface area (Å²) in [5, 5.41) is 8.98. The average molecular weight is 663 g/mol. The molecule has 11 nitrogen and oxygen atoms in total. The smallest absolute Gasteiger partial charge is 0.319 e. The van der Waals surface area contributed by atoms with Crippen molar-refractivity contribution >= 4 is 35.1 Å². The molecule has 2 aromatic rings. The highest BCUT2D eigenvalue weighted by atomic mass is 16.5. The zero-order chi connectivity index (χ0) is 34.5. The predicted molar refractivity (Wildman–Crippen MR) is 190 cm³/mol. The van der Waals surface area contributed by atoms with Gasteiger partial charge in [0, 0.05) is 57.6 Å². The maximum absolute atomic E-state index is 14.2. The van der Waals surface area contributed by atoms with Gasteiger partial charge in [-0.3, -0.25) is 14.4 Å². The largest absolute Gasteiger partial charge is 0.491 e. The second kappa shape index (κ2) is 18.3. The number of nitrogens with one attached hydrogen (secondary N) is 3. The van der Waals surface area contributed by atoms with Crippen LogP contribution in [0.2, 0.25) is 0 Å². The minimum atomic E-state index is -0.741. The third-order valence-corrected chi connectivity index (χ3v) is 9.15. The van der Waals surface area contributed by atoms with Gasteiger partial charge >= 0.3 is 6.03 Å². The van der Waals surface area contributed by atoms with Gasteiger partial charge in [-0.1, -0.05) is 57.6 Å². The number of carbonyl (C=O) groups is 4. The van der Waals surface area contributed by atoms with E-state index in [-0.39, 0.29) is 42.4 Å². The third-order valence-electron chi connectivity index (χ3n) is 9.15. The molecule has 0 spiro atoms. The number of anilines is 2. The second-order valence-electron chi connectivity index (χ2n) is 13.3. The van der Waals surface area contributed by atoms with Gasteiger partial charge in [-0.15, -0.1) is 0 Å². The van der Waals surface area contributed by atoms with Gasteiger partial charge in [0.1, 0.15) is 18.4 Å². The topological polar surface area (TPSA) is 123 Å². The van der Waals surface area contributed by atoms with Gasteiger partial charge < -0.3 is 35.4 Å². The lowest BCUT2D eigenvalue weighted by molar-refractivity contribution is -0.138. The van der Waals surface area contributed by atoms with Crippen LogP contribution in [-0.4, -0.2) is 92.5 Å². The molecular weight excluding hydrogens is 608 g/mol. The van der Waals surface area contributed by atoms with Crippen molar-refractivity contribution in [1.82, 2.24) is 20.4 Å². The lowest BCUT2D eigenvalue weighted by Crippen LogP contribution is -2.52. The number of hydrogen-bond donors (Lipinski definition) is 3. The highest BCUT2D eigenvalue weighted by Crippen LogP contribution is 2.24. The first kappa shape index (κ1) is 36.6. The van der Waals surface area contributed by atoms with E-state index in [0.29, 0.717) is 55.8 Å². The van der Waals surface area contributed by atoms with Crippen molar-refractivity contribution in [2.24, 2.45) is 0 Å². The minimum Gasteiger partial charge on any atom is -0.491 e. The molecule has 0 aliphatic carbocycles. The first-order valence-corrected chi connectivity index (χ1v) is 17.6. The van der Waals surface area contributed by atoms with E-state index in [1.165, 1.54) is 25.7 Å². The number of unbranched alkanes of at least 4 members (excludes halogenated alkanes) is 6. The van der Waals surface area contributed by atoms with Gasteiger partial charge in [-0.05, 0) is 62.1 Å². The number of hydrogen-bond acceptors (Lipinski definition) is 6. The minimum absolute atomic E-state index is 0.128. The molecule has 0 unspecified atom stereocenters. The number of nitrogens with zero attached hydrogens (tertiary/aromatic N) is 3. The Balaban J connectivity index is 1.46. The molecule has 262 valence electrons. The van der Waals surface area contributed by atoms with E-state index >= 15 is 0 Å². The maximum Gasteiger partial charge on any atom is 0.319 e. The van der Waals surface area contributed by atoms with E-state index in [0.717, 1.165) is 24.9 Å². The molecule has 3 N–H and O–H groups in total. The highest BCUT2D eigenvalue weighted by molar-refractivity contribution is 5.94. The third kappa shape index (κ3) is 10.9. The van der Waals surface area contributed by atoms with Gasteiger partial charge in [-0.2, -0.15) is 0 Å². The van der Waals surface area contributed by atoms with E-state index in [4.69, 9.17) is 4.74 Å². The number of fused-ring (bicyclic) bond motifs is 3. The van der Waals surface area contributed by atoms with E-state index in [2.05, 4.69) is 22.9 Å². The summed E-state index contributed by atoms with van der Waals surface area (Å²) in [5.41, 5.74) is 2.15. The molecule has 2 aliphatic heterocycles. The molecule has 2 aromatic carbocycles. The SMILES string of the molecule is CCCCCCCCCC(=O)N[C@H]1CCCN(C)C(=O)c2cccc(c2)OC[C@@H]2C[C@H](NC(=O)Nc3cccc(N(C)C)c3)CN2C1=O. The fourth-order valence-corrected chi connectivity index (χ4v) is 6.40. The maximum atomic E-state index is 14.2. The van der Waals surface area contributed by atoms with E-state index in [1.807, 2.05) is 43.3 Å². The standard InChI is InChI=1S/C37H54N6O5/c1-5-6-7-8-9-10-11-20-34(44)40-33-19-14-21-42(4)35(45)27-15-12-18-32(22-27)48-26-31-24-29(25-43(31)36(33)46)39-37(47)38-28-16-13-17-30(23-28)41(2)3/h12-13,15-18,22-23,29,31,33H,5-11,14,19-21,24-26H2,1-4H3,(H,40,44)(H2,38,39,47)/t29-,31-,33-/m0/s1. The van der Waals surface area contributed by atoms with Crippen LogP contribution in [0, 0.1) is 0 Å². The molecule has 4 rings (SSSR count). The molecule has 2 heterocycles. The molecule has 0 radical (unpaired) electrons. The second-order valence-corrected chi connectivity index (χ2v) is 13.3. The zero-order valence-electron chi connectivity index (χ0n) is 29.1. The normalized spacial score (nSPS) is 20.0. The number of carbonyl (C=O) groups excluding carboxylic acids is 4. The van der Waals surface area contributed by atoms with Gasteiger partial charge in [0.25, 0.3) is 5.91 Å². The van der Waals surface area contributed by atoms with Gasteiger partial charge in [0.05, 0.1) is 12.1 Å². The number of benzene rings is 2. The van der Waals surface area contributed by atoms with Crippen LogP contribution >= 0.6 is 0 Å². The first-order valence-electron chi connectivity index (χ1n) is 17.6. The summed E-state index contributed by atoms with van der Waals surface area (Å²) in [4.78, 5) is 58.8. The number of ether oxygens (including phenoxy) is 1. The number of rotatable bonds is 12. The van der Waals surface area contributed by atoms with Gasteiger partial charge in [0.15, 0.2) is 0 Å².